The minimum Gasteiger partial charge on any atom is -0.459 e. The van der Waals surface area contributed by atoms with Crippen molar-refractivity contribution in [2.24, 2.45) is 4.99 Å². The number of piperazine rings is 1. The second-order valence-corrected chi connectivity index (χ2v) is 6.68. The number of aliphatic imine (C=N–C) groups is 1. The van der Waals surface area contributed by atoms with E-state index in [1.807, 2.05) is 31.3 Å². The van der Waals surface area contributed by atoms with Gasteiger partial charge in [0.25, 0.3) is 5.91 Å². The maximum Gasteiger partial charge on any atom is 0.287 e. The van der Waals surface area contributed by atoms with Crippen LogP contribution in [0.2, 0.25) is 0 Å². The summed E-state index contributed by atoms with van der Waals surface area (Å²) in [6.45, 7) is 6.79. The Kier molecular flexibility index (Phi) is 6.89. The van der Waals surface area contributed by atoms with Crippen LogP contribution in [0.25, 0.3) is 0 Å². The summed E-state index contributed by atoms with van der Waals surface area (Å²) in [6.07, 6.45) is 4.16. The highest BCUT2D eigenvalue weighted by atomic mass is 16.3. The van der Waals surface area contributed by atoms with Crippen LogP contribution in [0.4, 0.5) is 5.82 Å². The summed E-state index contributed by atoms with van der Waals surface area (Å²) in [5.74, 6) is 2.13. The van der Waals surface area contributed by atoms with Crippen LogP contribution in [-0.4, -0.2) is 68.1 Å². The highest BCUT2D eigenvalue weighted by Gasteiger charge is 2.20. The average Bonchev–Trinajstić information content (AvgIpc) is 3.17. The SMILES string of the molecule is CN=C(NCCCNC(=O)c1occc1C)N1CCN(c2ccccn2)CC1. The number of rotatable bonds is 6. The van der Waals surface area contributed by atoms with E-state index in [0.29, 0.717) is 12.3 Å². The first-order chi connectivity index (χ1) is 13.7. The first-order valence-electron chi connectivity index (χ1n) is 9.63. The third-order valence-corrected chi connectivity index (χ3v) is 4.75. The van der Waals surface area contributed by atoms with Crippen molar-refractivity contribution in [3.63, 3.8) is 0 Å². The number of hydrogen-bond acceptors (Lipinski definition) is 5. The topological polar surface area (TPSA) is 86.0 Å². The molecule has 2 aromatic rings. The molecule has 0 aromatic carbocycles. The summed E-state index contributed by atoms with van der Waals surface area (Å²) in [4.78, 5) is 25.4. The van der Waals surface area contributed by atoms with Gasteiger partial charge in [-0.15, -0.1) is 0 Å². The Morgan fingerprint density at radius 2 is 1.96 bits per heavy atom. The third kappa shape index (κ3) is 5.03. The molecule has 0 unspecified atom stereocenters. The van der Waals surface area contributed by atoms with E-state index in [0.717, 1.165) is 56.5 Å². The van der Waals surface area contributed by atoms with Crippen LogP contribution in [0.15, 0.2) is 46.1 Å². The number of aryl methyl sites for hydroxylation is 1. The summed E-state index contributed by atoms with van der Waals surface area (Å²) < 4.78 is 5.20. The summed E-state index contributed by atoms with van der Waals surface area (Å²) >= 11 is 0. The molecular weight excluding hydrogens is 356 g/mol. The van der Waals surface area contributed by atoms with Crippen molar-refractivity contribution in [2.45, 2.75) is 13.3 Å². The largest absolute Gasteiger partial charge is 0.459 e. The molecule has 1 amide bonds. The molecule has 2 aromatic heterocycles. The van der Waals surface area contributed by atoms with Crippen LogP contribution in [-0.2, 0) is 0 Å². The molecule has 1 aliphatic heterocycles. The highest BCUT2D eigenvalue weighted by molar-refractivity contribution is 5.92. The summed E-state index contributed by atoms with van der Waals surface area (Å²) in [6, 6.07) is 7.78. The van der Waals surface area contributed by atoms with E-state index in [4.69, 9.17) is 4.42 Å². The molecule has 150 valence electrons. The van der Waals surface area contributed by atoms with Gasteiger partial charge in [-0.3, -0.25) is 9.79 Å². The fraction of sp³-hybridized carbons (Fsp3) is 0.450. The van der Waals surface area contributed by atoms with E-state index in [2.05, 4.69) is 30.4 Å². The van der Waals surface area contributed by atoms with Crippen LogP contribution < -0.4 is 15.5 Å². The number of hydrogen-bond donors (Lipinski definition) is 2. The number of furan rings is 1. The molecule has 0 bridgehead atoms. The first kappa shape index (κ1) is 19.7. The summed E-state index contributed by atoms with van der Waals surface area (Å²) in [5, 5.41) is 6.26. The standard InChI is InChI=1S/C20H28N6O2/c1-16-7-15-28-18(16)19(27)23-9-5-10-24-20(21-2)26-13-11-25(12-14-26)17-6-3-4-8-22-17/h3-4,6-8,15H,5,9-14H2,1-2H3,(H,21,24)(H,23,27). The smallest absolute Gasteiger partial charge is 0.287 e. The molecule has 3 rings (SSSR count). The molecule has 0 atom stereocenters. The molecule has 1 saturated heterocycles. The minimum absolute atomic E-state index is 0.169. The Morgan fingerprint density at radius 1 is 1.18 bits per heavy atom. The van der Waals surface area contributed by atoms with Gasteiger partial charge in [0, 0.05) is 58.1 Å². The van der Waals surface area contributed by atoms with E-state index in [1.165, 1.54) is 6.26 Å². The lowest BCUT2D eigenvalue weighted by molar-refractivity contribution is 0.0925. The third-order valence-electron chi connectivity index (χ3n) is 4.75. The molecule has 1 fully saturated rings. The lowest BCUT2D eigenvalue weighted by Crippen LogP contribution is -2.53. The van der Waals surface area contributed by atoms with Gasteiger partial charge < -0.3 is 24.9 Å². The zero-order valence-corrected chi connectivity index (χ0v) is 16.5. The predicted octanol–water partition coefficient (Wildman–Crippen LogP) is 1.50. The number of nitrogens with one attached hydrogen (secondary N) is 2. The van der Waals surface area contributed by atoms with E-state index < -0.39 is 0 Å². The zero-order chi connectivity index (χ0) is 19.8. The van der Waals surface area contributed by atoms with E-state index in [1.54, 1.807) is 13.1 Å². The fourth-order valence-electron chi connectivity index (χ4n) is 3.20. The number of nitrogens with zero attached hydrogens (tertiary/aromatic N) is 4. The lowest BCUT2D eigenvalue weighted by Gasteiger charge is -2.37. The highest BCUT2D eigenvalue weighted by Crippen LogP contribution is 2.12. The Balaban J connectivity index is 1.36. The number of amides is 1. The summed E-state index contributed by atoms with van der Waals surface area (Å²) in [7, 11) is 1.80. The zero-order valence-electron chi connectivity index (χ0n) is 16.5. The molecule has 1 aliphatic rings. The number of anilines is 1. The van der Waals surface area contributed by atoms with Gasteiger partial charge in [0.15, 0.2) is 11.7 Å². The fourth-order valence-corrected chi connectivity index (χ4v) is 3.20. The number of carbonyl (C=O) groups excluding carboxylic acids is 1. The molecule has 8 heteroatoms. The van der Waals surface area contributed by atoms with E-state index in [-0.39, 0.29) is 5.91 Å². The van der Waals surface area contributed by atoms with Gasteiger partial charge in [0.2, 0.25) is 0 Å². The molecular formula is C20H28N6O2. The van der Waals surface area contributed by atoms with Crippen molar-refractivity contribution in [3.8, 4) is 0 Å². The molecule has 0 spiro atoms. The van der Waals surface area contributed by atoms with Crippen molar-refractivity contribution >= 4 is 17.7 Å². The molecule has 0 saturated carbocycles. The van der Waals surface area contributed by atoms with Crippen molar-refractivity contribution in [3.05, 3.63) is 48.0 Å². The van der Waals surface area contributed by atoms with Gasteiger partial charge >= 0.3 is 0 Å². The Bertz CT molecular complexity index is 781. The van der Waals surface area contributed by atoms with E-state index >= 15 is 0 Å². The molecule has 8 nitrogen and oxygen atoms in total. The van der Waals surface area contributed by atoms with Gasteiger partial charge in [-0.05, 0) is 31.5 Å². The maximum atomic E-state index is 12.0. The molecule has 2 N–H and O–H groups in total. The van der Waals surface area contributed by atoms with Crippen molar-refractivity contribution in [2.75, 3.05) is 51.2 Å². The van der Waals surface area contributed by atoms with Crippen molar-refractivity contribution < 1.29 is 9.21 Å². The molecule has 0 radical (unpaired) electrons. The number of aromatic nitrogens is 1. The molecule has 28 heavy (non-hydrogen) atoms. The number of carbonyl (C=O) groups is 1. The second-order valence-electron chi connectivity index (χ2n) is 6.68. The second kappa shape index (κ2) is 9.77. The van der Waals surface area contributed by atoms with Gasteiger partial charge in [0.05, 0.1) is 6.26 Å². The first-order valence-corrected chi connectivity index (χ1v) is 9.63. The predicted molar refractivity (Wildman–Crippen MR) is 110 cm³/mol. The molecule has 0 aliphatic carbocycles. The Morgan fingerprint density at radius 3 is 2.61 bits per heavy atom. The maximum absolute atomic E-state index is 12.0. The van der Waals surface area contributed by atoms with Crippen LogP contribution in [0.5, 0.6) is 0 Å². The average molecular weight is 384 g/mol. The van der Waals surface area contributed by atoms with Gasteiger partial charge in [-0.1, -0.05) is 6.07 Å². The van der Waals surface area contributed by atoms with Gasteiger partial charge in [0.1, 0.15) is 5.82 Å². The Labute approximate surface area is 165 Å². The monoisotopic (exact) mass is 384 g/mol. The van der Waals surface area contributed by atoms with Crippen LogP contribution in [0.3, 0.4) is 0 Å². The minimum atomic E-state index is -0.169. The summed E-state index contributed by atoms with van der Waals surface area (Å²) in [5.41, 5.74) is 0.848. The number of guanidine groups is 1. The number of pyridine rings is 1. The quantitative estimate of drug-likeness (QED) is 0.446. The van der Waals surface area contributed by atoms with Crippen molar-refractivity contribution in [1.82, 2.24) is 20.5 Å². The van der Waals surface area contributed by atoms with Crippen LogP contribution >= 0.6 is 0 Å². The van der Waals surface area contributed by atoms with Gasteiger partial charge in [-0.25, -0.2) is 4.98 Å². The molecule has 3 heterocycles. The van der Waals surface area contributed by atoms with Crippen LogP contribution in [0, 0.1) is 6.92 Å². The van der Waals surface area contributed by atoms with Gasteiger partial charge in [-0.2, -0.15) is 0 Å². The van der Waals surface area contributed by atoms with Crippen LogP contribution in [0.1, 0.15) is 22.5 Å². The van der Waals surface area contributed by atoms with Crippen molar-refractivity contribution in [1.29, 1.82) is 0 Å². The Hall–Kier alpha value is -3.03. The van der Waals surface area contributed by atoms with E-state index in [9.17, 15) is 4.79 Å². The normalized spacial score (nSPS) is 14.9. The lowest BCUT2D eigenvalue weighted by atomic mass is 10.2.